The highest BCUT2D eigenvalue weighted by Crippen LogP contribution is 2.35. The van der Waals surface area contributed by atoms with Gasteiger partial charge in [-0.25, -0.2) is 9.37 Å². The van der Waals surface area contributed by atoms with E-state index in [4.69, 9.17) is 11.6 Å². The van der Waals surface area contributed by atoms with E-state index in [1.807, 2.05) is 5.38 Å². The van der Waals surface area contributed by atoms with E-state index in [0.717, 1.165) is 30.3 Å². The molecule has 124 valence electrons. The summed E-state index contributed by atoms with van der Waals surface area (Å²) in [5.74, 6) is -0.272. The molecule has 1 aliphatic rings. The van der Waals surface area contributed by atoms with Crippen molar-refractivity contribution in [2.75, 3.05) is 36.8 Å². The van der Waals surface area contributed by atoms with Crippen LogP contribution in [0.2, 0.25) is 5.02 Å². The van der Waals surface area contributed by atoms with Crippen molar-refractivity contribution in [3.8, 4) is 0 Å². The first-order valence-corrected chi connectivity index (χ1v) is 9.35. The summed E-state index contributed by atoms with van der Waals surface area (Å²) < 4.78 is 17.4. The second kappa shape index (κ2) is 7.25. The van der Waals surface area contributed by atoms with E-state index in [1.165, 1.54) is 29.4 Å². The van der Waals surface area contributed by atoms with Crippen molar-refractivity contribution >= 4 is 45.7 Å². The highest BCUT2D eigenvalue weighted by Gasteiger charge is 2.26. The fourth-order valence-corrected chi connectivity index (χ4v) is 4.21. The van der Waals surface area contributed by atoms with E-state index >= 15 is 0 Å². The Bertz CT molecular complexity index is 666. The van der Waals surface area contributed by atoms with Crippen molar-refractivity contribution in [1.82, 2.24) is 9.88 Å². The number of halogens is 2. The van der Waals surface area contributed by atoms with Crippen molar-refractivity contribution in [3.63, 3.8) is 0 Å². The number of hydrogen-bond donors (Lipinski definition) is 1. The minimum atomic E-state index is -0.272. The molecule has 1 saturated heterocycles. The minimum Gasteiger partial charge on any atom is -0.369 e. The number of likely N-dealkylation sites (N-methyl/N-ethyl adjacent to an activating group) is 1. The average molecular weight is 373 g/mol. The lowest BCUT2D eigenvalue weighted by Crippen LogP contribution is -2.31. The zero-order chi connectivity index (χ0) is 16.4. The molecule has 3 rings (SSSR count). The van der Waals surface area contributed by atoms with Gasteiger partial charge in [0.2, 0.25) is 0 Å². The molecule has 1 N–H and O–H groups in total. The van der Waals surface area contributed by atoms with Crippen LogP contribution in [-0.2, 0) is 0 Å². The molecule has 0 saturated carbocycles. The standard InChI is InChI=1S/C15H18ClFN4S2/c1-20(2)10-3-5-21(9-10)13-8-12(17)14(7-11(13)16)23-19-15-18-4-6-22-15/h4,6-8,10H,3,5,9H2,1-2H3,(H,18,19). The van der Waals surface area contributed by atoms with Crippen LogP contribution in [0.15, 0.2) is 28.6 Å². The van der Waals surface area contributed by atoms with Gasteiger partial charge in [-0.2, -0.15) is 0 Å². The van der Waals surface area contributed by atoms with Gasteiger partial charge in [0, 0.05) is 30.7 Å². The van der Waals surface area contributed by atoms with Gasteiger partial charge in [-0.1, -0.05) is 11.6 Å². The monoisotopic (exact) mass is 372 g/mol. The number of hydrogen-bond acceptors (Lipinski definition) is 6. The SMILES string of the molecule is CN(C)C1CCN(c2cc(F)c(SNc3nccs3)cc2Cl)C1. The van der Waals surface area contributed by atoms with Gasteiger partial charge in [0.05, 0.1) is 15.6 Å². The van der Waals surface area contributed by atoms with E-state index in [1.54, 1.807) is 12.3 Å². The Hall–Kier alpha value is -1.02. The molecular formula is C15H18ClFN4S2. The van der Waals surface area contributed by atoms with Gasteiger partial charge in [-0.05, 0) is 44.6 Å². The largest absolute Gasteiger partial charge is 0.369 e. The Labute approximate surface area is 148 Å². The first-order chi connectivity index (χ1) is 11.0. The third-order valence-electron chi connectivity index (χ3n) is 3.92. The van der Waals surface area contributed by atoms with Crippen molar-refractivity contribution < 1.29 is 4.39 Å². The number of nitrogens with one attached hydrogen (secondary N) is 1. The second-order valence-corrected chi connectivity index (χ2v) is 7.78. The molecule has 8 heteroatoms. The lowest BCUT2D eigenvalue weighted by Gasteiger charge is -2.23. The first kappa shape index (κ1) is 16.8. The summed E-state index contributed by atoms with van der Waals surface area (Å²) in [5.41, 5.74) is 0.770. The average Bonchev–Trinajstić information content (AvgIpc) is 3.18. The maximum absolute atomic E-state index is 14.4. The zero-order valence-corrected chi connectivity index (χ0v) is 15.3. The normalized spacial score (nSPS) is 18.0. The second-order valence-electron chi connectivity index (χ2n) is 5.63. The van der Waals surface area contributed by atoms with Gasteiger partial charge in [0.15, 0.2) is 5.13 Å². The highest BCUT2D eigenvalue weighted by atomic mass is 35.5. The van der Waals surface area contributed by atoms with Crippen molar-refractivity contribution in [1.29, 1.82) is 0 Å². The van der Waals surface area contributed by atoms with Crippen LogP contribution < -0.4 is 9.62 Å². The van der Waals surface area contributed by atoms with E-state index in [-0.39, 0.29) is 5.82 Å². The number of nitrogens with zero attached hydrogens (tertiary/aromatic N) is 3. The Morgan fingerprint density at radius 3 is 2.96 bits per heavy atom. The Kier molecular flexibility index (Phi) is 5.31. The third-order valence-corrected chi connectivity index (χ3v) is 5.86. The Morgan fingerprint density at radius 2 is 2.30 bits per heavy atom. The van der Waals surface area contributed by atoms with Crippen LogP contribution >= 0.6 is 34.9 Å². The molecule has 4 nitrogen and oxygen atoms in total. The van der Waals surface area contributed by atoms with Crippen LogP contribution in [0.4, 0.5) is 15.2 Å². The van der Waals surface area contributed by atoms with Crippen LogP contribution in [0.5, 0.6) is 0 Å². The molecule has 1 aliphatic heterocycles. The predicted octanol–water partition coefficient (Wildman–Crippen LogP) is 4.20. The van der Waals surface area contributed by atoms with Crippen LogP contribution in [-0.4, -0.2) is 43.1 Å². The van der Waals surface area contributed by atoms with Crippen LogP contribution in [0.1, 0.15) is 6.42 Å². The maximum atomic E-state index is 14.4. The maximum Gasteiger partial charge on any atom is 0.192 e. The molecular weight excluding hydrogens is 355 g/mol. The fraction of sp³-hybridized carbons (Fsp3) is 0.400. The first-order valence-electron chi connectivity index (χ1n) is 7.27. The summed E-state index contributed by atoms with van der Waals surface area (Å²) in [6, 6.07) is 3.70. The van der Waals surface area contributed by atoms with Crippen molar-refractivity contribution in [2.24, 2.45) is 0 Å². The lowest BCUT2D eigenvalue weighted by atomic mass is 10.2. The molecule has 2 heterocycles. The van der Waals surface area contributed by atoms with E-state index in [2.05, 4.69) is 33.6 Å². The number of anilines is 2. The molecule has 0 radical (unpaired) electrons. The van der Waals surface area contributed by atoms with Crippen LogP contribution in [0.3, 0.4) is 0 Å². The lowest BCUT2D eigenvalue weighted by molar-refractivity contribution is 0.315. The fourth-order valence-electron chi connectivity index (χ4n) is 2.59. The van der Waals surface area contributed by atoms with E-state index in [0.29, 0.717) is 16.0 Å². The highest BCUT2D eigenvalue weighted by molar-refractivity contribution is 8.00. The molecule has 0 amide bonds. The van der Waals surface area contributed by atoms with Gasteiger partial charge >= 0.3 is 0 Å². The Balaban J connectivity index is 1.72. The van der Waals surface area contributed by atoms with Gasteiger partial charge in [0.25, 0.3) is 0 Å². The molecule has 2 aromatic rings. The van der Waals surface area contributed by atoms with E-state index in [9.17, 15) is 4.39 Å². The molecule has 1 aromatic heterocycles. The molecule has 1 aromatic carbocycles. The van der Waals surface area contributed by atoms with Crippen LogP contribution in [0.25, 0.3) is 0 Å². The Morgan fingerprint density at radius 1 is 1.48 bits per heavy atom. The molecule has 0 bridgehead atoms. The smallest absolute Gasteiger partial charge is 0.192 e. The van der Waals surface area contributed by atoms with Gasteiger partial charge < -0.3 is 14.5 Å². The number of rotatable bonds is 5. The molecule has 1 unspecified atom stereocenters. The predicted molar refractivity (Wildman–Crippen MR) is 97.3 cm³/mol. The molecule has 0 aliphatic carbocycles. The third kappa shape index (κ3) is 3.91. The molecule has 23 heavy (non-hydrogen) atoms. The van der Waals surface area contributed by atoms with Gasteiger partial charge in [-0.3, -0.25) is 0 Å². The number of thiazole rings is 1. The van der Waals surface area contributed by atoms with Crippen molar-refractivity contribution in [3.05, 3.63) is 34.5 Å². The molecule has 0 spiro atoms. The van der Waals surface area contributed by atoms with Gasteiger partial charge in [-0.15, -0.1) is 11.3 Å². The molecule has 1 atom stereocenters. The summed E-state index contributed by atoms with van der Waals surface area (Å²) in [6.07, 6.45) is 2.77. The number of aromatic nitrogens is 1. The van der Waals surface area contributed by atoms with Crippen LogP contribution in [0, 0.1) is 5.82 Å². The zero-order valence-electron chi connectivity index (χ0n) is 12.9. The summed E-state index contributed by atoms with van der Waals surface area (Å²) in [7, 11) is 4.14. The molecule has 1 fully saturated rings. The van der Waals surface area contributed by atoms with Gasteiger partial charge in [0.1, 0.15) is 5.82 Å². The van der Waals surface area contributed by atoms with E-state index < -0.39 is 0 Å². The van der Waals surface area contributed by atoms with Crippen molar-refractivity contribution in [2.45, 2.75) is 17.4 Å². The summed E-state index contributed by atoms with van der Waals surface area (Å²) >= 11 is 9.05. The summed E-state index contributed by atoms with van der Waals surface area (Å²) in [6.45, 7) is 1.77. The summed E-state index contributed by atoms with van der Waals surface area (Å²) in [4.78, 5) is 8.93. The number of benzene rings is 1. The quantitative estimate of drug-likeness (QED) is 0.795. The minimum absolute atomic E-state index is 0.272. The summed E-state index contributed by atoms with van der Waals surface area (Å²) in [5, 5.41) is 3.18. The topological polar surface area (TPSA) is 31.4 Å².